The Labute approximate surface area is 154 Å². The van der Waals surface area contributed by atoms with Gasteiger partial charge in [0.25, 0.3) is 0 Å². The quantitative estimate of drug-likeness (QED) is 0.852. The molecule has 0 saturated carbocycles. The van der Waals surface area contributed by atoms with Gasteiger partial charge >= 0.3 is 0 Å². The van der Waals surface area contributed by atoms with Crippen LogP contribution < -0.4 is 5.73 Å². The van der Waals surface area contributed by atoms with E-state index in [0.717, 1.165) is 18.6 Å². The Bertz CT molecular complexity index is 768. The van der Waals surface area contributed by atoms with Crippen molar-refractivity contribution in [3.8, 4) is 0 Å². The molecular formula is C18H26FN3O3S. The van der Waals surface area contributed by atoms with Crippen molar-refractivity contribution in [2.45, 2.75) is 31.1 Å². The number of piperidine rings is 1. The van der Waals surface area contributed by atoms with E-state index in [1.807, 2.05) is 4.90 Å². The first-order valence-corrected chi connectivity index (χ1v) is 10.4. The lowest BCUT2D eigenvalue weighted by Gasteiger charge is -2.33. The van der Waals surface area contributed by atoms with Gasteiger partial charge in [-0.05, 0) is 55.5 Å². The molecule has 1 aromatic rings. The number of carbonyl (C=O) groups excluding carboxylic acids is 1. The molecule has 2 unspecified atom stereocenters. The zero-order valence-corrected chi connectivity index (χ0v) is 15.8. The molecule has 2 N–H and O–H groups in total. The topological polar surface area (TPSA) is 83.7 Å². The highest BCUT2D eigenvalue weighted by Crippen LogP contribution is 2.31. The van der Waals surface area contributed by atoms with Crippen molar-refractivity contribution in [2.24, 2.45) is 17.1 Å². The van der Waals surface area contributed by atoms with Crippen molar-refractivity contribution in [1.29, 1.82) is 0 Å². The van der Waals surface area contributed by atoms with E-state index >= 15 is 0 Å². The lowest BCUT2D eigenvalue weighted by molar-refractivity contribution is -0.136. The van der Waals surface area contributed by atoms with Crippen LogP contribution in [0.25, 0.3) is 0 Å². The molecule has 8 heteroatoms. The molecule has 2 aliphatic heterocycles. The van der Waals surface area contributed by atoms with Crippen LogP contribution in [0.15, 0.2) is 29.2 Å². The second-order valence-corrected chi connectivity index (χ2v) is 9.62. The van der Waals surface area contributed by atoms with Gasteiger partial charge in [0.2, 0.25) is 15.9 Å². The van der Waals surface area contributed by atoms with Crippen LogP contribution in [0.3, 0.4) is 0 Å². The van der Waals surface area contributed by atoms with Gasteiger partial charge in [0, 0.05) is 26.2 Å². The molecule has 0 bridgehead atoms. The van der Waals surface area contributed by atoms with Crippen LogP contribution in [0.5, 0.6) is 0 Å². The third kappa shape index (κ3) is 3.77. The van der Waals surface area contributed by atoms with Gasteiger partial charge in [-0.3, -0.25) is 4.79 Å². The minimum atomic E-state index is -3.72. The smallest absolute Gasteiger partial charge is 0.243 e. The van der Waals surface area contributed by atoms with Crippen LogP contribution in [0.1, 0.15) is 26.2 Å². The lowest BCUT2D eigenvalue weighted by atomic mass is 9.90. The molecule has 0 aliphatic carbocycles. The van der Waals surface area contributed by atoms with Crippen LogP contribution in [0, 0.1) is 17.2 Å². The Morgan fingerprint density at radius 1 is 1.31 bits per heavy atom. The van der Waals surface area contributed by atoms with E-state index in [4.69, 9.17) is 5.73 Å². The Morgan fingerprint density at radius 2 is 2.00 bits per heavy atom. The largest absolute Gasteiger partial charge is 0.342 e. The first-order chi connectivity index (χ1) is 12.2. The Hall–Kier alpha value is -1.51. The minimum Gasteiger partial charge on any atom is -0.342 e. The van der Waals surface area contributed by atoms with Gasteiger partial charge in [-0.15, -0.1) is 0 Å². The van der Waals surface area contributed by atoms with E-state index in [1.54, 1.807) is 0 Å². The summed E-state index contributed by atoms with van der Waals surface area (Å²) in [6.45, 7) is 4.47. The Balaban J connectivity index is 1.71. The first-order valence-electron chi connectivity index (χ1n) is 9.00. The predicted octanol–water partition coefficient (Wildman–Crippen LogP) is 1.42. The summed E-state index contributed by atoms with van der Waals surface area (Å²) in [7, 11) is -3.72. The third-order valence-electron chi connectivity index (χ3n) is 5.55. The van der Waals surface area contributed by atoms with Crippen molar-refractivity contribution in [3.05, 3.63) is 30.1 Å². The van der Waals surface area contributed by atoms with Crippen molar-refractivity contribution >= 4 is 15.9 Å². The number of sulfonamides is 1. The fraction of sp³-hybridized carbons (Fsp3) is 0.611. The minimum absolute atomic E-state index is 0.0150. The number of amides is 1. The number of rotatable bonds is 4. The van der Waals surface area contributed by atoms with Crippen molar-refractivity contribution in [2.75, 3.05) is 32.7 Å². The highest BCUT2D eigenvalue weighted by Gasteiger charge is 2.40. The molecule has 1 amide bonds. The molecule has 1 aromatic carbocycles. The Morgan fingerprint density at radius 3 is 2.62 bits per heavy atom. The van der Waals surface area contributed by atoms with E-state index in [1.165, 1.54) is 16.4 Å². The molecule has 2 aliphatic rings. The summed E-state index contributed by atoms with van der Waals surface area (Å²) in [4.78, 5) is 14.8. The monoisotopic (exact) mass is 383 g/mol. The first kappa shape index (κ1) is 19.3. The number of likely N-dealkylation sites (tertiary alicyclic amines) is 1. The van der Waals surface area contributed by atoms with E-state index < -0.39 is 15.8 Å². The maximum absolute atomic E-state index is 13.1. The van der Waals surface area contributed by atoms with Gasteiger partial charge in [-0.1, -0.05) is 6.92 Å². The van der Waals surface area contributed by atoms with E-state index in [-0.39, 0.29) is 28.7 Å². The second-order valence-electron chi connectivity index (χ2n) is 7.68. The molecule has 0 spiro atoms. The maximum Gasteiger partial charge on any atom is 0.243 e. The van der Waals surface area contributed by atoms with Gasteiger partial charge in [-0.25, -0.2) is 12.8 Å². The maximum atomic E-state index is 13.1. The van der Waals surface area contributed by atoms with Gasteiger partial charge in [-0.2, -0.15) is 4.31 Å². The molecule has 2 heterocycles. The fourth-order valence-electron chi connectivity index (χ4n) is 3.75. The van der Waals surface area contributed by atoms with Crippen LogP contribution in [0.4, 0.5) is 4.39 Å². The molecule has 0 radical (unpaired) electrons. The lowest BCUT2D eigenvalue weighted by Crippen LogP contribution is -2.46. The van der Waals surface area contributed by atoms with Gasteiger partial charge in [0.15, 0.2) is 0 Å². The number of hydrogen-bond donors (Lipinski definition) is 1. The van der Waals surface area contributed by atoms with E-state index in [2.05, 4.69) is 6.92 Å². The van der Waals surface area contributed by atoms with Gasteiger partial charge < -0.3 is 10.6 Å². The summed E-state index contributed by atoms with van der Waals surface area (Å²) in [5, 5.41) is 0. The molecule has 6 nitrogen and oxygen atoms in total. The van der Waals surface area contributed by atoms with E-state index in [9.17, 15) is 17.6 Å². The van der Waals surface area contributed by atoms with Crippen LogP contribution in [0.2, 0.25) is 0 Å². The molecule has 2 fully saturated rings. The summed E-state index contributed by atoms with van der Waals surface area (Å²) in [5.74, 6) is -0.798. The summed E-state index contributed by atoms with van der Waals surface area (Å²) < 4.78 is 40.0. The molecule has 144 valence electrons. The highest BCUT2D eigenvalue weighted by atomic mass is 32.2. The predicted molar refractivity (Wildman–Crippen MR) is 96.2 cm³/mol. The Kier molecular flexibility index (Phi) is 5.37. The zero-order chi connectivity index (χ0) is 18.9. The third-order valence-corrected chi connectivity index (χ3v) is 7.43. The number of benzene rings is 1. The molecule has 26 heavy (non-hydrogen) atoms. The second kappa shape index (κ2) is 7.25. The van der Waals surface area contributed by atoms with Crippen LogP contribution in [-0.4, -0.2) is 56.3 Å². The number of nitrogens with two attached hydrogens (primary N) is 1. The van der Waals surface area contributed by atoms with Gasteiger partial charge in [0.05, 0.1) is 10.8 Å². The zero-order valence-electron chi connectivity index (χ0n) is 15.0. The van der Waals surface area contributed by atoms with Crippen molar-refractivity contribution < 1.29 is 17.6 Å². The number of halogens is 1. The van der Waals surface area contributed by atoms with Crippen molar-refractivity contribution in [1.82, 2.24) is 9.21 Å². The number of carbonyl (C=O) groups is 1. The molecular weight excluding hydrogens is 357 g/mol. The summed E-state index contributed by atoms with van der Waals surface area (Å²) in [5.41, 5.74) is 5.76. The summed E-state index contributed by atoms with van der Waals surface area (Å²) >= 11 is 0. The van der Waals surface area contributed by atoms with Crippen LogP contribution in [-0.2, 0) is 14.8 Å². The average molecular weight is 383 g/mol. The standard InChI is InChI=1S/C18H26FN3O3S/c1-18(12-20)8-10-21(13-18)17(23)14-3-2-9-22(11-14)26(24,25)16-6-4-15(19)5-7-16/h4-7,14H,2-3,8-13,20H2,1H3. The molecule has 0 aromatic heterocycles. The SMILES string of the molecule is CC1(CN)CCN(C(=O)C2CCCN(S(=O)(=O)c3ccc(F)cc3)C2)C1. The number of hydrogen-bond acceptors (Lipinski definition) is 4. The normalized spacial score (nSPS) is 27.7. The molecule has 2 saturated heterocycles. The van der Waals surface area contributed by atoms with Crippen LogP contribution >= 0.6 is 0 Å². The molecule has 2 atom stereocenters. The van der Waals surface area contributed by atoms with E-state index in [0.29, 0.717) is 39.0 Å². The highest BCUT2D eigenvalue weighted by molar-refractivity contribution is 7.89. The molecule has 3 rings (SSSR count). The van der Waals surface area contributed by atoms with Crippen molar-refractivity contribution in [3.63, 3.8) is 0 Å². The van der Waals surface area contributed by atoms with Gasteiger partial charge in [0.1, 0.15) is 5.82 Å². The summed E-state index contributed by atoms with van der Waals surface area (Å²) in [6.07, 6.45) is 2.20. The summed E-state index contributed by atoms with van der Waals surface area (Å²) in [6, 6.07) is 4.81. The average Bonchev–Trinajstić information content (AvgIpc) is 3.04. The number of nitrogens with zero attached hydrogens (tertiary/aromatic N) is 2. The fourth-order valence-corrected chi connectivity index (χ4v) is 5.28.